The van der Waals surface area contributed by atoms with Crippen molar-refractivity contribution in [3.8, 4) is 0 Å². The number of anilines is 2. The summed E-state index contributed by atoms with van der Waals surface area (Å²) in [4.78, 5) is 13.0. The molecule has 0 radical (unpaired) electrons. The lowest BCUT2D eigenvalue weighted by atomic mass is 10.1. The first kappa shape index (κ1) is 19.5. The second kappa shape index (κ2) is 7.53. The van der Waals surface area contributed by atoms with Gasteiger partial charge in [0, 0.05) is 30.3 Å². The first-order chi connectivity index (χ1) is 13.9. The lowest BCUT2D eigenvalue weighted by Gasteiger charge is -2.24. The number of pyridine rings is 1. The molecule has 29 heavy (non-hydrogen) atoms. The minimum atomic E-state index is -3.74. The van der Waals surface area contributed by atoms with Crippen molar-refractivity contribution in [3.63, 3.8) is 0 Å². The highest BCUT2D eigenvalue weighted by Crippen LogP contribution is 2.38. The van der Waals surface area contributed by atoms with Crippen molar-refractivity contribution in [2.45, 2.75) is 44.6 Å². The van der Waals surface area contributed by atoms with Gasteiger partial charge in [0.25, 0.3) is 0 Å². The zero-order chi connectivity index (χ0) is 20.6. The van der Waals surface area contributed by atoms with Gasteiger partial charge in [-0.15, -0.1) is 0 Å². The van der Waals surface area contributed by atoms with Crippen LogP contribution in [0.1, 0.15) is 41.7 Å². The first-order valence-corrected chi connectivity index (χ1v) is 10.8. The van der Waals surface area contributed by atoms with E-state index in [1.807, 2.05) is 19.1 Å². The van der Waals surface area contributed by atoms with Crippen LogP contribution in [0.3, 0.4) is 0 Å². The molecule has 0 aliphatic carbocycles. The highest BCUT2D eigenvalue weighted by atomic mass is 32.2. The standard InChI is InChI=1S/C19H22N6O3S/c1-12-9-15(23-18-11-20-6-7-21-18)10-16(22-12)17-5-4-8-25(17)29(26,27)19-13(2)24-28-14(19)3/h6-7,9-11,17H,4-5,8H2,1-3H3,(H,21,22,23)/t17-/m1/s1. The molecule has 0 aromatic carbocycles. The van der Waals surface area contributed by atoms with Crippen molar-refractivity contribution < 1.29 is 12.9 Å². The fourth-order valence-electron chi connectivity index (χ4n) is 3.73. The zero-order valence-electron chi connectivity index (χ0n) is 16.5. The zero-order valence-corrected chi connectivity index (χ0v) is 17.3. The van der Waals surface area contributed by atoms with Crippen LogP contribution in [0.25, 0.3) is 0 Å². The van der Waals surface area contributed by atoms with E-state index in [1.54, 1.807) is 32.4 Å². The molecule has 0 amide bonds. The molecular weight excluding hydrogens is 392 g/mol. The number of aryl methyl sites for hydroxylation is 3. The number of hydrogen-bond acceptors (Lipinski definition) is 8. The summed E-state index contributed by atoms with van der Waals surface area (Å²) in [6.07, 6.45) is 6.29. The average molecular weight is 414 g/mol. The smallest absolute Gasteiger partial charge is 0.249 e. The molecule has 1 N–H and O–H groups in total. The lowest BCUT2D eigenvalue weighted by molar-refractivity contribution is 0.381. The molecule has 1 fully saturated rings. The largest absolute Gasteiger partial charge is 0.360 e. The third kappa shape index (κ3) is 3.73. The van der Waals surface area contributed by atoms with Crippen molar-refractivity contribution in [1.82, 2.24) is 24.4 Å². The molecule has 3 aromatic heterocycles. The monoisotopic (exact) mass is 414 g/mol. The quantitative estimate of drug-likeness (QED) is 0.677. The van der Waals surface area contributed by atoms with Crippen LogP contribution in [0.15, 0.2) is 40.1 Å². The van der Waals surface area contributed by atoms with Crippen molar-refractivity contribution in [2.75, 3.05) is 11.9 Å². The third-order valence-electron chi connectivity index (χ3n) is 4.89. The fourth-order valence-corrected chi connectivity index (χ4v) is 5.70. The van der Waals surface area contributed by atoms with E-state index in [-0.39, 0.29) is 10.9 Å². The Morgan fingerprint density at radius 3 is 2.72 bits per heavy atom. The number of sulfonamides is 1. The van der Waals surface area contributed by atoms with E-state index in [0.717, 1.165) is 17.8 Å². The van der Waals surface area contributed by atoms with Crippen LogP contribution in [-0.2, 0) is 10.0 Å². The van der Waals surface area contributed by atoms with Gasteiger partial charge in [0.05, 0.1) is 17.9 Å². The van der Waals surface area contributed by atoms with Crippen LogP contribution in [0.5, 0.6) is 0 Å². The van der Waals surface area contributed by atoms with Crippen LogP contribution in [-0.4, -0.2) is 39.4 Å². The Kier molecular flexibility index (Phi) is 5.05. The molecule has 9 nitrogen and oxygen atoms in total. The summed E-state index contributed by atoms with van der Waals surface area (Å²) in [6.45, 7) is 5.57. The van der Waals surface area contributed by atoms with E-state index >= 15 is 0 Å². The van der Waals surface area contributed by atoms with Crippen LogP contribution in [0, 0.1) is 20.8 Å². The van der Waals surface area contributed by atoms with E-state index in [9.17, 15) is 8.42 Å². The second-order valence-corrected chi connectivity index (χ2v) is 8.89. The number of aromatic nitrogens is 4. The van der Waals surface area contributed by atoms with Gasteiger partial charge < -0.3 is 9.84 Å². The molecule has 3 aromatic rings. The van der Waals surface area contributed by atoms with E-state index < -0.39 is 10.0 Å². The predicted molar refractivity (Wildman–Crippen MR) is 106 cm³/mol. The summed E-state index contributed by atoms with van der Waals surface area (Å²) >= 11 is 0. The van der Waals surface area contributed by atoms with Gasteiger partial charge in [-0.2, -0.15) is 4.31 Å². The molecule has 1 atom stereocenters. The maximum atomic E-state index is 13.3. The molecule has 152 valence electrons. The number of nitrogens with one attached hydrogen (secondary N) is 1. The summed E-state index contributed by atoms with van der Waals surface area (Å²) in [7, 11) is -3.74. The van der Waals surface area contributed by atoms with E-state index in [4.69, 9.17) is 4.52 Å². The molecule has 0 bridgehead atoms. The van der Waals surface area contributed by atoms with Gasteiger partial charge in [0.15, 0.2) is 5.76 Å². The minimum Gasteiger partial charge on any atom is -0.360 e. The van der Waals surface area contributed by atoms with Crippen LogP contribution in [0.2, 0.25) is 0 Å². The molecule has 0 unspecified atom stereocenters. The van der Waals surface area contributed by atoms with E-state index in [2.05, 4.69) is 25.4 Å². The molecule has 4 rings (SSSR count). The molecule has 1 aliphatic heterocycles. The van der Waals surface area contributed by atoms with Crippen LogP contribution in [0.4, 0.5) is 11.5 Å². The first-order valence-electron chi connectivity index (χ1n) is 9.32. The normalized spacial score (nSPS) is 17.6. The molecular formula is C19H22N6O3S. The number of rotatable bonds is 5. The maximum Gasteiger partial charge on any atom is 0.249 e. The molecule has 1 aliphatic rings. The second-order valence-electron chi connectivity index (χ2n) is 7.06. The Hall–Kier alpha value is -2.85. The number of nitrogens with zero attached hydrogens (tertiary/aromatic N) is 5. The van der Waals surface area contributed by atoms with E-state index in [0.29, 0.717) is 35.9 Å². The number of hydrogen-bond donors (Lipinski definition) is 1. The van der Waals surface area contributed by atoms with Gasteiger partial charge in [-0.25, -0.2) is 13.4 Å². The van der Waals surface area contributed by atoms with Crippen LogP contribution < -0.4 is 5.32 Å². The summed E-state index contributed by atoms with van der Waals surface area (Å²) in [6, 6.07) is 3.41. The Balaban J connectivity index is 1.69. The third-order valence-corrected chi connectivity index (χ3v) is 7.04. The van der Waals surface area contributed by atoms with Crippen molar-refractivity contribution in [2.24, 2.45) is 0 Å². The highest BCUT2D eigenvalue weighted by molar-refractivity contribution is 7.89. The average Bonchev–Trinajstić information content (AvgIpc) is 3.29. The maximum absolute atomic E-state index is 13.3. The predicted octanol–water partition coefficient (Wildman–Crippen LogP) is 3.05. The van der Waals surface area contributed by atoms with Gasteiger partial charge in [-0.1, -0.05) is 5.16 Å². The van der Waals surface area contributed by atoms with Gasteiger partial charge in [-0.05, 0) is 45.7 Å². The molecule has 0 saturated carbocycles. The lowest BCUT2D eigenvalue weighted by Crippen LogP contribution is -2.31. The molecule has 10 heteroatoms. The Labute approximate surface area is 169 Å². The summed E-state index contributed by atoms with van der Waals surface area (Å²) < 4.78 is 33.3. The summed E-state index contributed by atoms with van der Waals surface area (Å²) in [5.74, 6) is 0.908. The van der Waals surface area contributed by atoms with Gasteiger partial charge in [0.2, 0.25) is 10.0 Å². The highest BCUT2D eigenvalue weighted by Gasteiger charge is 2.40. The summed E-state index contributed by atoms with van der Waals surface area (Å²) in [5.41, 5.74) is 2.64. The minimum absolute atomic E-state index is 0.148. The van der Waals surface area contributed by atoms with Gasteiger partial charge in [-0.3, -0.25) is 9.97 Å². The Bertz CT molecular complexity index is 1110. The van der Waals surface area contributed by atoms with E-state index in [1.165, 1.54) is 4.31 Å². The topological polar surface area (TPSA) is 114 Å². The van der Waals surface area contributed by atoms with Crippen LogP contribution >= 0.6 is 0 Å². The molecule has 0 spiro atoms. The SMILES string of the molecule is Cc1cc(Nc2cnccn2)cc([C@H]2CCCN2S(=O)(=O)c2c(C)noc2C)n1. The van der Waals surface area contributed by atoms with Crippen molar-refractivity contribution in [1.29, 1.82) is 0 Å². The van der Waals surface area contributed by atoms with Gasteiger partial charge in [0.1, 0.15) is 16.4 Å². The Morgan fingerprint density at radius 2 is 2.03 bits per heavy atom. The van der Waals surface area contributed by atoms with Gasteiger partial charge >= 0.3 is 0 Å². The molecule has 4 heterocycles. The molecule has 1 saturated heterocycles. The summed E-state index contributed by atoms with van der Waals surface area (Å²) in [5, 5.41) is 7.01. The fraction of sp³-hybridized carbons (Fsp3) is 0.368. The van der Waals surface area contributed by atoms with Crippen molar-refractivity contribution in [3.05, 3.63) is 53.6 Å². The van der Waals surface area contributed by atoms with Crippen molar-refractivity contribution >= 4 is 21.5 Å². The Morgan fingerprint density at radius 1 is 1.21 bits per heavy atom.